The predicted molar refractivity (Wildman–Crippen MR) is 120 cm³/mol. The SMILES string of the molecule is O=C(NO)c1ccc(Cn2c3c(c4ccccc42)C(=O)C(CN2CCOCC2)CC3)cc1. The van der Waals surface area contributed by atoms with Crippen LogP contribution in [0, 0.1) is 5.92 Å². The third kappa shape index (κ3) is 3.83. The van der Waals surface area contributed by atoms with Crippen molar-refractivity contribution >= 4 is 22.6 Å². The van der Waals surface area contributed by atoms with E-state index >= 15 is 0 Å². The summed E-state index contributed by atoms with van der Waals surface area (Å²) < 4.78 is 7.70. The van der Waals surface area contributed by atoms with Gasteiger partial charge in [-0.05, 0) is 36.6 Å². The number of fused-ring (bicyclic) bond motifs is 3. The molecular formula is C25H27N3O4. The zero-order valence-corrected chi connectivity index (χ0v) is 17.9. The fourth-order valence-corrected chi connectivity index (χ4v) is 5.00. The number of para-hydroxylation sites is 1. The van der Waals surface area contributed by atoms with E-state index in [-0.39, 0.29) is 11.7 Å². The van der Waals surface area contributed by atoms with Gasteiger partial charge in [-0.1, -0.05) is 30.3 Å². The molecule has 166 valence electrons. The lowest BCUT2D eigenvalue weighted by molar-refractivity contribution is 0.0291. The van der Waals surface area contributed by atoms with E-state index in [0.29, 0.717) is 12.1 Å². The summed E-state index contributed by atoms with van der Waals surface area (Å²) in [6, 6.07) is 15.3. The number of hydroxylamine groups is 1. The van der Waals surface area contributed by atoms with Crippen LogP contribution < -0.4 is 5.48 Å². The van der Waals surface area contributed by atoms with Gasteiger partial charge in [-0.15, -0.1) is 0 Å². The number of nitrogens with one attached hydrogen (secondary N) is 1. The second kappa shape index (κ2) is 8.86. The third-order valence-corrected chi connectivity index (χ3v) is 6.67. The minimum Gasteiger partial charge on any atom is -0.379 e. The van der Waals surface area contributed by atoms with Gasteiger partial charge in [-0.2, -0.15) is 0 Å². The molecule has 1 aromatic heterocycles. The molecule has 32 heavy (non-hydrogen) atoms. The van der Waals surface area contributed by atoms with Gasteiger partial charge in [-0.3, -0.25) is 19.7 Å². The molecule has 7 nitrogen and oxygen atoms in total. The van der Waals surface area contributed by atoms with Gasteiger partial charge in [-0.25, -0.2) is 5.48 Å². The number of benzene rings is 2. The fraction of sp³-hybridized carbons (Fsp3) is 0.360. The first-order valence-corrected chi connectivity index (χ1v) is 11.1. The monoisotopic (exact) mass is 433 g/mol. The van der Waals surface area contributed by atoms with Crippen molar-refractivity contribution in [2.45, 2.75) is 19.4 Å². The zero-order valence-electron chi connectivity index (χ0n) is 17.9. The number of ether oxygens (including phenoxy) is 1. The molecule has 2 aliphatic rings. The molecule has 1 saturated heterocycles. The highest BCUT2D eigenvalue weighted by Gasteiger charge is 2.33. The largest absolute Gasteiger partial charge is 0.379 e. The van der Waals surface area contributed by atoms with Gasteiger partial charge < -0.3 is 9.30 Å². The highest BCUT2D eigenvalue weighted by Crippen LogP contribution is 2.35. The van der Waals surface area contributed by atoms with E-state index in [9.17, 15) is 9.59 Å². The van der Waals surface area contributed by atoms with E-state index in [2.05, 4.69) is 15.5 Å². The number of carbonyl (C=O) groups is 2. The molecule has 1 aliphatic heterocycles. The molecule has 1 fully saturated rings. The van der Waals surface area contributed by atoms with E-state index in [1.807, 2.05) is 30.3 Å². The zero-order chi connectivity index (χ0) is 22.1. The third-order valence-electron chi connectivity index (χ3n) is 6.67. The lowest BCUT2D eigenvalue weighted by atomic mass is 9.84. The second-order valence-electron chi connectivity index (χ2n) is 8.58. The Kier molecular flexibility index (Phi) is 5.78. The van der Waals surface area contributed by atoms with Gasteiger partial charge in [0, 0.05) is 59.8 Å². The Morgan fingerprint density at radius 2 is 1.84 bits per heavy atom. The molecule has 2 aromatic carbocycles. The Hall–Kier alpha value is -3.00. The average molecular weight is 434 g/mol. The van der Waals surface area contributed by atoms with Crippen molar-refractivity contribution in [3.8, 4) is 0 Å². The van der Waals surface area contributed by atoms with Crippen LogP contribution in [0.4, 0.5) is 0 Å². The normalized spacial score (nSPS) is 19.2. The molecule has 2 heterocycles. The first-order valence-electron chi connectivity index (χ1n) is 11.1. The number of nitrogens with zero attached hydrogens (tertiary/aromatic N) is 2. The number of morpholine rings is 1. The standard InChI is InChI=1S/C25H27N3O4/c29-24-19(16-27-11-13-32-14-12-27)9-10-22-23(24)20-3-1-2-4-21(20)28(22)15-17-5-7-18(8-6-17)25(30)26-31/h1-8,19,31H,9-16H2,(H,26,30). The number of carbonyl (C=O) groups excluding carboxylic acids is 2. The van der Waals surface area contributed by atoms with Crippen molar-refractivity contribution < 1.29 is 19.5 Å². The van der Waals surface area contributed by atoms with E-state index in [1.165, 1.54) is 0 Å². The summed E-state index contributed by atoms with van der Waals surface area (Å²) in [6.07, 6.45) is 1.73. The number of aromatic nitrogens is 1. The fourth-order valence-electron chi connectivity index (χ4n) is 5.00. The number of rotatable bonds is 5. The lowest BCUT2D eigenvalue weighted by Gasteiger charge is -2.31. The Morgan fingerprint density at radius 3 is 2.59 bits per heavy atom. The number of ketones is 1. The van der Waals surface area contributed by atoms with Crippen molar-refractivity contribution in [3.63, 3.8) is 0 Å². The molecule has 5 rings (SSSR count). The maximum Gasteiger partial charge on any atom is 0.274 e. The molecule has 1 atom stereocenters. The first-order chi connectivity index (χ1) is 15.7. The molecule has 0 bridgehead atoms. The van der Waals surface area contributed by atoms with Crippen LogP contribution >= 0.6 is 0 Å². The number of hydrogen-bond acceptors (Lipinski definition) is 5. The molecule has 1 unspecified atom stereocenters. The van der Waals surface area contributed by atoms with Crippen molar-refractivity contribution in [2.75, 3.05) is 32.8 Å². The first kappa shape index (κ1) is 20.9. The van der Waals surface area contributed by atoms with Crippen molar-refractivity contribution in [3.05, 3.63) is 70.9 Å². The maximum absolute atomic E-state index is 13.6. The lowest BCUT2D eigenvalue weighted by Crippen LogP contribution is -2.42. The quantitative estimate of drug-likeness (QED) is 0.478. The summed E-state index contributed by atoms with van der Waals surface area (Å²) in [7, 11) is 0. The molecule has 7 heteroatoms. The highest BCUT2D eigenvalue weighted by atomic mass is 16.5. The van der Waals surface area contributed by atoms with Gasteiger partial charge in [0.15, 0.2) is 5.78 Å². The Bertz CT molecular complexity index is 1150. The van der Waals surface area contributed by atoms with E-state index in [0.717, 1.165) is 73.4 Å². The number of Topliss-reactive ketones (excluding diaryl/α,β-unsaturated/α-hetero) is 1. The van der Waals surface area contributed by atoms with Crippen LogP contribution in [0.3, 0.4) is 0 Å². The van der Waals surface area contributed by atoms with Gasteiger partial charge in [0.05, 0.1) is 13.2 Å². The van der Waals surface area contributed by atoms with Gasteiger partial charge in [0.1, 0.15) is 0 Å². The molecular weight excluding hydrogens is 406 g/mol. The minimum atomic E-state index is -0.530. The van der Waals surface area contributed by atoms with Crippen molar-refractivity contribution in [2.24, 2.45) is 5.92 Å². The summed E-state index contributed by atoms with van der Waals surface area (Å²) in [6.45, 7) is 4.69. The summed E-state index contributed by atoms with van der Waals surface area (Å²) >= 11 is 0. The van der Waals surface area contributed by atoms with Gasteiger partial charge >= 0.3 is 0 Å². The smallest absolute Gasteiger partial charge is 0.274 e. The van der Waals surface area contributed by atoms with Crippen LogP contribution in [0.15, 0.2) is 48.5 Å². The topological polar surface area (TPSA) is 83.8 Å². The molecule has 0 radical (unpaired) electrons. The van der Waals surface area contributed by atoms with Crippen LogP contribution in [-0.4, -0.2) is 59.2 Å². The summed E-state index contributed by atoms with van der Waals surface area (Å²) in [5.74, 6) is -0.254. The molecule has 0 spiro atoms. The molecule has 1 amide bonds. The molecule has 0 saturated carbocycles. The van der Waals surface area contributed by atoms with Crippen LogP contribution in [-0.2, 0) is 17.7 Å². The van der Waals surface area contributed by atoms with Crippen LogP contribution in [0.25, 0.3) is 10.9 Å². The van der Waals surface area contributed by atoms with E-state index in [1.54, 1.807) is 17.6 Å². The van der Waals surface area contributed by atoms with Crippen molar-refractivity contribution in [1.29, 1.82) is 0 Å². The Morgan fingerprint density at radius 1 is 1.09 bits per heavy atom. The minimum absolute atomic E-state index is 0.0242. The van der Waals surface area contributed by atoms with E-state index in [4.69, 9.17) is 9.94 Å². The van der Waals surface area contributed by atoms with Crippen LogP contribution in [0.2, 0.25) is 0 Å². The summed E-state index contributed by atoms with van der Waals surface area (Å²) in [4.78, 5) is 27.5. The van der Waals surface area contributed by atoms with E-state index < -0.39 is 5.91 Å². The Labute approximate surface area is 186 Å². The molecule has 3 aromatic rings. The van der Waals surface area contributed by atoms with Crippen LogP contribution in [0.5, 0.6) is 0 Å². The van der Waals surface area contributed by atoms with Crippen LogP contribution in [0.1, 0.15) is 38.4 Å². The number of amides is 1. The second-order valence-corrected chi connectivity index (χ2v) is 8.58. The van der Waals surface area contributed by atoms with Gasteiger partial charge in [0.2, 0.25) is 0 Å². The number of hydrogen-bond donors (Lipinski definition) is 2. The summed E-state index contributed by atoms with van der Waals surface area (Å²) in [5.41, 5.74) is 6.14. The molecule has 2 N–H and O–H groups in total. The summed E-state index contributed by atoms with van der Waals surface area (Å²) in [5, 5.41) is 9.84. The average Bonchev–Trinajstić information content (AvgIpc) is 3.15. The van der Waals surface area contributed by atoms with Crippen molar-refractivity contribution in [1.82, 2.24) is 14.9 Å². The van der Waals surface area contributed by atoms with Gasteiger partial charge in [0.25, 0.3) is 5.91 Å². The maximum atomic E-state index is 13.6. The Balaban J connectivity index is 1.46. The highest BCUT2D eigenvalue weighted by molar-refractivity contribution is 6.11. The predicted octanol–water partition coefficient (Wildman–Crippen LogP) is 2.89. The molecule has 1 aliphatic carbocycles.